The number of sulfonamides is 1. The van der Waals surface area contributed by atoms with Crippen LogP contribution in [0.5, 0.6) is 0 Å². The second kappa shape index (κ2) is 9.49. The fraction of sp³-hybridized carbons (Fsp3) is 0.500. The van der Waals surface area contributed by atoms with Gasteiger partial charge in [0.05, 0.1) is 17.5 Å². The molecule has 2 N–H and O–H groups in total. The fourth-order valence-corrected chi connectivity index (χ4v) is 4.59. The minimum Gasteiger partial charge on any atom is -0.381 e. The molecule has 0 bridgehead atoms. The Balaban J connectivity index is 1.66. The molecule has 2 atom stereocenters. The molecule has 1 aliphatic rings. The number of hydrogen-bond acceptors (Lipinski definition) is 5. The molecule has 170 valence electrons. The zero-order valence-corrected chi connectivity index (χ0v) is 20.2. The molecule has 31 heavy (non-hydrogen) atoms. The van der Waals surface area contributed by atoms with Crippen LogP contribution < -0.4 is 14.9 Å². The first-order valence-electron chi connectivity index (χ1n) is 10.9. The topological polar surface area (TPSA) is 70.7 Å². The smallest absolute Gasteiger partial charge is 0.235 e. The summed E-state index contributed by atoms with van der Waals surface area (Å²) in [6.45, 7) is 14.4. The van der Waals surface area contributed by atoms with Crippen molar-refractivity contribution in [1.29, 1.82) is 0 Å². The van der Waals surface area contributed by atoms with Crippen molar-refractivity contribution in [3.63, 3.8) is 0 Å². The van der Waals surface area contributed by atoms with Gasteiger partial charge in [0, 0.05) is 36.7 Å². The molecule has 0 amide bonds. The van der Waals surface area contributed by atoms with Crippen LogP contribution in [-0.4, -0.2) is 39.0 Å². The summed E-state index contributed by atoms with van der Waals surface area (Å²) in [5, 5.41) is 3.06. The molecule has 2 unspecified atom stereocenters. The Morgan fingerprint density at radius 1 is 1.00 bits per heavy atom. The van der Waals surface area contributed by atoms with Gasteiger partial charge in [-0.05, 0) is 82.5 Å². The number of hydrogen-bond donors (Lipinski definition) is 2. The van der Waals surface area contributed by atoms with Crippen molar-refractivity contribution in [3.8, 4) is 0 Å². The predicted molar refractivity (Wildman–Crippen MR) is 130 cm³/mol. The molecule has 0 spiro atoms. The molecule has 6 nitrogen and oxygen atoms in total. The number of nitrogens with one attached hydrogen (secondary N) is 2. The second-order valence-corrected chi connectivity index (χ2v) is 11.0. The quantitative estimate of drug-likeness (QED) is 0.648. The molecule has 2 aromatic rings. The third-order valence-corrected chi connectivity index (χ3v) is 7.60. The molecule has 0 radical (unpaired) electrons. The third-order valence-electron chi connectivity index (χ3n) is 5.84. The summed E-state index contributed by atoms with van der Waals surface area (Å²) >= 11 is 0. The molecule has 1 heterocycles. The first-order chi connectivity index (χ1) is 14.6. The highest BCUT2D eigenvalue weighted by Crippen LogP contribution is 2.31. The molecule has 0 aliphatic carbocycles. The lowest BCUT2D eigenvalue weighted by Crippen LogP contribution is -2.45. The third kappa shape index (κ3) is 5.71. The van der Waals surface area contributed by atoms with Crippen molar-refractivity contribution in [2.45, 2.75) is 65.5 Å². The Morgan fingerprint density at radius 3 is 2.19 bits per heavy atom. The highest BCUT2D eigenvalue weighted by molar-refractivity contribution is 7.93. The van der Waals surface area contributed by atoms with Gasteiger partial charge in [-0.2, -0.15) is 0 Å². The van der Waals surface area contributed by atoms with E-state index in [0.717, 1.165) is 24.3 Å². The van der Waals surface area contributed by atoms with Gasteiger partial charge in [-0.15, -0.1) is 0 Å². The van der Waals surface area contributed by atoms with Crippen LogP contribution in [0.2, 0.25) is 0 Å². The number of rotatable bonds is 7. The minimum absolute atomic E-state index is 0.231. The summed E-state index contributed by atoms with van der Waals surface area (Å²) in [5.41, 5.74) is 6.58. The molecule has 7 heteroatoms. The Labute approximate surface area is 187 Å². The van der Waals surface area contributed by atoms with Gasteiger partial charge in [-0.1, -0.05) is 12.1 Å². The van der Waals surface area contributed by atoms with E-state index in [0.29, 0.717) is 12.2 Å². The number of benzene rings is 2. The molecule has 0 aromatic heterocycles. The maximum atomic E-state index is 12.0. The van der Waals surface area contributed by atoms with Gasteiger partial charge < -0.3 is 15.0 Å². The number of anilines is 3. The molecule has 3 rings (SSSR count). The normalized spacial score (nSPS) is 19.5. The summed E-state index contributed by atoms with van der Waals surface area (Å²) in [6, 6.07) is 11.8. The molecular formula is C24H35N3O3S. The largest absolute Gasteiger partial charge is 0.381 e. The molecule has 1 aliphatic heterocycles. The van der Waals surface area contributed by atoms with Gasteiger partial charge >= 0.3 is 0 Å². The van der Waals surface area contributed by atoms with E-state index in [9.17, 15) is 8.42 Å². The van der Waals surface area contributed by atoms with Gasteiger partial charge in [0.1, 0.15) is 0 Å². The molecular weight excluding hydrogens is 410 g/mol. The van der Waals surface area contributed by atoms with Gasteiger partial charge in [-0.25, -0.2) is 8.42 Å². The Kier molecular flexibility index (Phi) is 7.17. The summed E-state index contributed by atoms with van der Waals surface area (Å²) in [6.07, 6.45) is 0.462. The van der Waals surface area contributed by atoms with Crippen molar-refractivity contribution in [2.24, 2.45) is 0 Å². The van der Waals surface area contributed by atoms with E-state index in [-0.39, 0.29) is 12.2 Å². The number of ether oxygens (including phenoxy) is 1. The standard InChI is InChI=1S/C24H35N3O3S/c1-16(2)31(28,29)26-22-9-7-21(8-10-22)13-25-23-11-12-24(20(6)19(23)5)27-14-17(3)30-18(4)15-27/h7-12,16-18,25-26H,13-15H2,1-6H3. The van der Waals surface area contributed by atoms with Crippen LogP contribution >= 0.6 is 0 Å². The summed E-state index contributed by atoms with van der Waals surface area (Å²) in [5.74, 6) is 0. The lowest BCUT2D eigenvalue weighted by Gasteiger charge is -2.38. The first-order valence-corrected chi connectivity index (χ1v) is 12.5. The van der Waals surface area contributed by atoms with Crippen LogP contribution in [0, 0.1) is 13.8 Å². The van der Waals surface area contributed by atoms with E-state index >= 15 is 0 Å². The molecule has 0 saturated carbocycles. The first kappa shape index (κ1) is 23.4. The summed E-state index contributed by atoms with van der Waals surface area (Å²) in [4.78, 5) is 2.42. The maximum absolute atomic E-state index is 12.0. The Bertz CT molecular complexity index is 993. The van der Waals surface area contributed by atoms with Gasteiger partial charge in [-0.3, -0.25) is 4.72 Å². The molecule has 1 fully saturated rings. The van der Waals surface area contributed by atoms with Gasteiger partial charge in [0.15, 0.2) is 0 Å². The van der Waals surface area contributed by atoms with Crippen molar-refractivity contribution in [3.05, 3.63) is 53.1 Å². The highest BCUT2D eigenvalue weighted by atomic mass is 32.2. The highest BCUT2D eigenvalue weighted by Gasteiger charge is 2.24. The number of morpholine rings is 1. The second-order valence-electron chi connectivity index (χ2n) is 8.79. The van der Waals surface area contributed by atoms with E-state index in [1.54, 1.807) is 26.0 Å². The minimum atomic E-state index is -3.33. The summed E-state index contributed by atoms with van der Waals surface area (Å²) in [7, 11) is -3.33. The van der Waals surface area contributed by atoms with E-state index in [1.165, 1.54) is 16.8 Å². The van der Waals surface area contributed by atoms with Gasteiger partial charge in [0.25, 0.3) is 0 Å². The lowest BCUT2D eigenvalue weighted by atomic mass is 10.0. The zero-order valence-electron chi connectivity index (χ0n) is 19.4. The number of nitrogens with zero attached hydrogens (tertiary/aromatic N) is 1. The van der Waals surface area contributed by atoms with E-state index in [4.69, 9.17) is 4.74 Å². The van der Waals surface area contributed by atoms with Crippen molar-refractivity contribution >= 4 is 27.1 Å². The fourth-order valence-electron chi connectivity index (χ4n) is 3.89. The monoisotopic (exact) mass is 445 g/mol. The Hall–Kier alpha value is -2.25. The van der Waals surface area contributed by atoms with Crippen LogP contribution in [0.25, 0.3) is 0 Å². The average Bonchev–Trinajstić information content (AvgIpc) is 2.69. The Morgan fingerprint density at radius 2 is 1.61 bits per heavy atom. The molecule has 2 aromatic carbocycles. The SMILES string of the molecule is Cc1c(NCc2ccc(NS(=O)(=O)C(C)C)cc2)ccc(N2CC(C)OC(C)C2)c1C. The summed E-state index contributed by atoms with van der Waals surface area (Å²) < 4.78 is 32.5. The maximum Gasteiger partial charge on any atom is 0.235 e. The van der Waals surface area contributed by atoms with E-state index < -0.39 is 15.3 Å². The van der Waals surface area contributed by atoms with Gasteiger partial charge in [0.2, 0.25) is 10.0 Å². The predicted octanol–water partition coefficient (Wildman–Crippen LogP) is 4.68. The lowest BCUT2D eigenvalue weighted by molar-refractivity contribution is -0.00524. The van der Waals surface area contributed by atoms with Crippen LogP contribution in [0.1, 0.15) is 44.4 Å². The molecule has 1 saturated heterocycles. The van der Waals surface area contributed by atoms with Crippen LogP contribution in [0.3, 0.4) is 0 Å². The van der Waals surface area contributed by atoms with E-state index in [2.05, 4.69) is 54.8 Å². The van der Waals surface area contributed by atoms with Crippen molar-refractivity contribution in [1.82, 2.24) is 0 Å². The van der Waals surface area contributed by atoms with Crippen LogP contribution in [-0.2, 0) is 21.3 Å². The average molecular weight is 446 g/mol. The van der Waals surface area contributed by atoms with Crippen LogP contribution in [0.15, 0.2) is 36.4 Å². The van der Waals surface area contributed by atoms with Crippen molar-refractivity contribution in [2.75, 3.05) is 28.0 Å². The van der Waals surface area contributed by atoms with Crippen molar-refractivity contribution < 1.29 is 13.2 Å². The zero-order chi connectivity index (χ0) is 22.8. The van der Waals surface area contributed by atoms with E-state index in [1.807, 2.05) is 12.1 Å². The van der Waals surface area contributed by atoms with Crippen LogP contribution in [0.4, 0.5) is 17.1 Å².